The highest BCUT2D eigenvalue weighted by Gasteiger charge is 2.38. The molecule has 1 heterocycles. The summed E-state index contributed by atoms with van der Waals surface area (Å²) in [7, 11) is 0. The molecule has 2 aliphatic carbocycles. The minimum absolute atomic E-state index is 0.0416. The highest BCUT2D eigenvalue weighted by molar-refractivity contribution is 7.14. The molecule has 2 fully saturated rings. The van der Waals surface area contributed by atoms with Gasteiger partial charge in [0.2, 0.25) is 5.91 Å². The van der Waals surface area contributed by atoms with Gasteiger partial charge in [0.1, 0.15) is 11.0 Å². The standard InChI is InChI=1S/C23H34FNO3S/c1-14-5-7-15(8-6-14)21(26)25(17-11-9-16(24)10-12-17)18-13-19(23(2,3)4)29-20(18)22(27)28/h13-17H,5-12H2,1-4H3,(H,27,28). The van der Waals surface area contributed by atoms with Gasteiger partial charge in [-0.15, -0.1) is 11.3 Å². The SMILES string of the molecule is CC1CCC(C(=O)N(c2cc(C(C)(C)C)sc2C(=O)O)C2CCC(F)CC2)CC1. The number of aromatic carboxylic acids is 1. The fourth-order valence-electron chi connectivity index (χ4n) is 4.58. The summed E-state index contributed by atoms with van der Waals surface area (Å²) in [6.45, 7) is 8.38. The van der Waals surface area contributed by atoms with Gasteiger partial charge < -0.3 is 10.0 Å². The lowest BCUT2D eigenvalue weighted by Gasteiger charge is -2.38. The van der Waals surface area contributed by atoms with Crippen molar-refractivity contribution < 1.29 is 19.1 Å². The molecule has 1 N–H and O–H groups in total. The predicted octanol–water partition coefficient (Wildman–Crippen LogP) is 6.18. The van der Waals surface area contributed by atoms with Crippen molar-refractivity contribution in [2.75, 3.05) is 4.90 Å². The Labute approximate surface area is 177 Å². The van der Waals surface area contributed by atoms with Gasteiger partial charge in [-0.05, 0) is 68.8 Å². The Bertz CT molecular complexity index is 738. The van der Waals surface area contributed by atoms with Gasteiger partial charge >= 0.3 is 5.97 Å². The van der Waals surface area contributed by atoms with Crippen LogP contribution in [0.5, 0.6) is 0 Å². The minimum Gasteiger partial charge on any atom is -0.477 e. The van der Waals surface area contributed by atoms with E-state index in [1.54, 1.807) is 4.90 Å². The summed E-state index contributed by atoms with van der Waals surface area (Å²) < 4.78 is 13.8. The van der Waals surface area contributed by atoms with E-state index in [0.717, 1.165) is 30.6 Å². The monoisotopic (exact) mass is 423 g/mol. The number of halogens is 1. The lowest BCUT2D eigenvalue weighted by atomic mass is 9.81. The molecule has 1 aromatic heterocycles. The van der Waals surface area contributed by atoms with Crippen molar-refractivity contribution in [3.8, 4) is 0 Å². The molecule has 3 rings (SSSR count). The quantitative estimate of drug-likeness (QED) is 0.629. The third-order valence-electron chi connectivity index (χ3n) is 6.50. The third kappa shape index (κ3) is 5.01. The van der Waals surface area contributed by atoms with Gasteiger partial charge in [0.15, 0.2) is 0 Å². The first-order chi connectivity index (χ1) is 13.6. The zero-order valence-corrected chi connectivity index (χ0v) is 18.9. The van der Waals surface area contributed by atoms with Crippen molar-refractivity contribution >= 4 is 28.9 Å². The molecule has 0 bridgehead atoms. The Morgan fingerprint density at radius 2 is 1.66 bits per heavy atom. The van der Waals surface area contributed by atoms with Crippen LogP contribution in [0.25, 0.3) is 0 Å². The van der Waals surface area contributed by atoms with Crippen LogP contribution in [0.3, 0.4) is 0 Å². The van der Waals surface area contributed by atoms with Crippen molar-refractivity contribution in [2.45, 2.75) is 96.7 Å². The Hall–Kier alpha value is -1.43. The van der Waals surface area contributed by atoms with E-state index in [0.29, 0.717) is 37.3 Å². The summed E-state index contributed by atoms with van der Waals surface area (Å²) in [5.74, 6) is -0.374. The highest BCUT2D eigenvalue weighted by atomic mass is 32.1. The molecule has 0 saturated heterocycles. The first-order valence-corrected chi connectivity index (χ1v) is 11.7. The average Bonchev–Trinajstić information content (AvgIpc) is 3.10. The number of amides is 1. The average molecular weight is 424 g/mol. The second-order valence-electron chi connectivity index (χ2n) is 9.95. The highest BCUT2D eigenvalue weighted by Crippen LogP contribution is 2.41. The Kier molecular flexibility index (Phi) is 6.71. The fraction of sp³-hybridized carbons (Fsp3) is 0.739. The lowest BCUT2D eigenvalue weighted by molar-refractivity contribution is -0.124. The summed E-state index contributed by atoms with van der Waals surface area (Å²) in [4.78, 5) is 28.7. The molecule has 162 valence electrons. The molecule has 4 nitrogen and oxygen atoms in total. The summed E-state index contributed by atoms with van der Waals surface area (Å²) in [6.07, 6.45) is 5.02. The summed E-state index contributed by atoms with van der Waals surface area (Å²) >= 11 is 1.26. The molecule has 0 unspecified atom stereocenters. The lowest BCUT2D eigenvalue weighted by Crippen LogP contribution is -2.46. The third-order valence-corrected chi connectivity index (χ3v) is 8.04. The maximum absolute atomic E-state index is 13.8. The maximum atomic E-state index is 13.8. The molecule has 0 spiro atoms. The van der Waals surface area contributed by atoms with Crippen molar-refractivity contribution in [1.29, 1.82) is 0 Å². The van der Waals surface area contributed by atoms with E-state index in [1.165, 1.54) is 11.3 Å². The van der Waals surface area contributed by atoms with Crippen LogP contribution in [0.15, 0.2) is 6.07 Å². The maximum Gasteiger partial charge on any atom is 0.348 e. The van der Waals surface area contributed by atoms with Crippen molar-refractivity contribution in [1.82, 2.24) is 0 Å². The molecular formula is C23H34FNO3S. The number of carboxylic acids is 1. The van der Waals surface area contributed by atoms with Crippen molar-refractivity contribution in [2.24, 2.45) is 11.8 Å². The number of hydrogen-bond donors (Lipinski definition) is 1. The Morgan fingerprint density at radius 1 is 1.07 bits per heavy atom. The number of anilines is 1. The van der Waals surface area contributed by atoms with E-state index in [9.17, 15) is 19.1 Å². The van der Waals surface area contributed by atoms with E-state index >= 15 is 0 Å². The number of nitrogens with zero attached hydrogens (tertiary/aromatic N) is 1. The fourth-order valence-corrected chi connectivity index (χ4v) is 5.62. The smallest absolute Gasteiger partial charge is 0.348 e. The molecule has 1 amide bonds. The molecule has 0 radical (unpaired) electrons. The molecule has 0 atom stereocenters. The molecule has 6 heteroatoms. The molecule has 0 aromatic carbocycles. The second kappa shape index (κ2) is 8.75. The number of hydrogen-bond acceptors (Lipinski definition) is 3. The van der Waals surface area contributed by atoms with Gasteiger partial charge in [0.05, 0.1) is 5.69 Å². The van der Waals surface area contributed by atoms with Crippen LogP contribution in [0.4, 0.5) is 10.1 Å². The molecule has 1 aromatic rings. The zero-order valence-electron chi connectivity index (χ0n) is 18.0. The normalized spacial score (nSPS) is 28.2. The van der Waals surface area contributed by atoms with Crippen LogP contribution in [-0.4, -0.2) is 29.2 Å². The van der Waals surface area contributed by atoms with Crippen LogP contribution < -0.4 is 4.90 Å². The predicted molar refractivity (Wildman–Crippen MR) is 116 cm³/mol. The van der Waals surface area contributed by atoms with E-state index in [-0.39, 0.29) is 28.2 Å². The number of rotatable bonds is 4. The molecule has 29 heavy (non-hydrogen) atoms. The first-order valence-electron chi connectivity index (χ1n) is 10.9. The second-order valence-corrected chi connectivity index (χ2v) is 11.0. The van der Waals surface area contributed by atoms with Crippen molar-refractivity contribution in [3.05, 3.63) is 15.8 Å². The van der Waals surface area contributed by atoms with E-state index in [4.69, 9.17) is 0 Å². The van der Waals surface area contributed by atoms with Gasteiger partial charge in [-0.2, -0.15) is 0 Å². The molecular weight excluding hydrogens is 389 g/mol. The van der Waals surface area contributed by atoms with Gasteiger partial charge in [-0.25, -0.2) is 9.18 Å². The number of carbonyl (C=O) groups is 2. The molecule has 0 aliphatic heterocycles. The topological polar surface area (TPSA) is 57.6 Å². The number of alkyl halides is 1. The number of thiophene rings is 1. The zero-order chi connectivity index (χ0) is 21.3. The van der Waals surface area contributed by atoms with E-state index in [1.807, 2.05) is 6.07 Å². The van der Waals surface area contributed by atoms with E-state index in [2.05, 4.69) is 27.7 Å². The van der Waals surface area contributed by atoms with Gasteiger partial charge in [0, 0.05) is 16.8 Å². The Morgan fingerprint density at radius 3 is 2.17 bits per heavy atom. The largest absolute Gasteiger partial charge is 0.477 e. The number of carboxylic acid groups (broad SMARTS) is 1. The van der Waals surface area contributed by atoms with Gasteiger partial charge in [-0.3, -0.25) is 4.79 Å². The summed E-state index contributed by atoms with van der Waals surface area (Å²) in [5, 5.41) is 9.87. The summed E-state index contributed by atoms with van der Waals surface area (Å²) in [5.41, 5.74) is 0.331. The van der Waals surface area contributed by atoms with Crippen LogP contribution in [0.2, 0.25) is 0 Å². The van der Waals surface area contributed by atoms with Crippen LogP contribution in [0, 0.1) is 11.8 Å². The van der Waals surface area contributed by atoms with Gasteiger partial charge in [0.25, 0.3) is 0 Å². The molecule has 2 aliphatic rings. The van der Waals surface area contributed by atoms with Gasteiger partial charge in [-0.1, -0.05) is 27.7 Å². The van der Waals surface area contributed by atoms with Crippen LogP contribution in [0.1, 0.15) is 93.6 Å². The first kappa shape index (κ1) is 22.3. The van der Waals surface area contributed by atoms with Crippen LogP contribution in [-0.2, 0) is 10.2 Å². The van der Waals surface area contributed by atoms with Crippen LogP contribution >= 0.6 is 11.3 Å². The minimum atomic E-state index is -0.991. The number of carbonyl (C=O) groups excluding carboxylic acids is 1. The Balaban J connectivity index is 2.00. The molecule has 2 saturated carbocycles. The van der Waals surface area contributed by atoms with E-state index < -0.39 is 12.1 Å². The van der Waals surface area contributed by atoms with Crippen molar-refractivity contribution in [3.63, 3.8) is 0 Å². The summed E-state index contributed by atoms with van der Waals surface area (Å²) in [6, 6.07) is 1.79.